The second-order valence-electron chi connectivity index (χ2n) is 7.68. The number of ketones is 1. The molecule has 0 saturated carbocycles. The molecule has 34 heavy (non-hydrogen) atoms. The summed E-state index contributed by atoms with van der Waals surface area (Å²) in [5.41, 5.74) is 0.946. The third-order valence-electron chi connectivity index (χ3n) is 5.23. The van der Waals surface area contributed by atoms with Crippen molar-refractivity contribution in [3.8, 4) is 5.75 Å². The van der Waals surface area contributed by atoms with Crippen LogP contribution in [0.4, 0.5) is 15.9 Å². The summed E-state index contributed by atoms with van der Waals surface area (Å²) >= 11 is 5.85. The maximum absolute atomic E-state index is 13.5. The smallest absolute Gasteiger partial charge is 0.182 e. The van der Waals surface area contributed by atoms with E-state index in [0.29, 0.717) is 48.1 Å². The van der Waals surface area contributed by atoms with E-state index in [9.17, 15) is 17.6 Å². The molecule has 0 aliphatic rings. The van der Waals surface area contributed by atoms with Gasteiger partial charge in [-0.05, 0) is 37.1 Å². The Morgan fingerprint density at radius 2 is 1.91 bits per heavy atom. The molecule has 3 rings (SSSR count). The number of nitrogens with zero attached hydrogens (tertiary/aromatic N) is 2. The van der Waals surface area contributed by atoms with Gasteiger partial charge in [-0.1, -0.05) is 24.4 Å². The maximum atomic E-state index is 13.5. The van der Waals surface area contributed by atoms with Crippen LogP contribution in [0.1, 0.15) is 32.1 Å². The van der Waals surface area contributed by atoms with E-state index >= 15 is 0 Å². The summed E-state index contributed by atoms with van der Waals surface area (Å²) in [6.45, 7) is -0.467. The molecule has 0 aliphatic carbocycles. The first-order chi connectivity index (χ1) is 16.2. The van der Waals surface area contributed by atoms with Crippen LogP contribution in [0, 0.1) is 5.82 Å². The maximum Gasteiger partial charge on any atom is 0.182 e. The highest BCUT2D eigenvalue weighted by atomic mass is 35.5. The number of anilines is 2. The largest absolute Gasteiger partial charge is 0.495 e. The van der Waals surface area contributed by atoms with Crippen molar-refractivity contribution in [2.75, 3.05) is 24.8 Å². The Balaban J connectivity index is 1.83. The Kier molecular flexibility index (Phi) is 8.76. The van der Waals surface area contributed by atoms with Crippen LogP contribution in [0.25, 0.3) is 10.9 Å². The van der Waals surface area contributed by atoms with E-state index in [0.717, 1.165) is 0 Å². The number of aliphatic hydroxyl groups excluding tert-OH is 1. The number of carbonyl (C=O) groups excluding carboxylic acids is 1. The van der Waals surface area contributed by atoms with Crippen molar-refractivity contribution in [1.82, 2.24) is 9.97 Å². The van der Waals surface area contributed by atoms with Gasteiger partial charge in [-0.3, -0.25) is 4.79 Å². The number of carbonyl (C=O) groups is 1. The Bertz CT molecular complexity index is 1290. The van der Waals surface area contributed by atoms with Gasteiger partial charge in [0.05, 0.1) is 23.4 Å². The molecule has 0 unspecified atom stereocenters. The fourth-order valence-electron chi connectivity index (χ4n) is 3.43. The topological polar surface area (TPSA) is 118 Å². The number of aliphatic hydroxyl groups is 1. The molecule has 182 valence electrons. The van der Waals surface area contributed by atoms with Crippen molar-refractivity contribution in [2.24, 2.45) is 0 Å². The van der Waals surface area contributed by atoms with E-state index < -0.39 is 22.3 Å². The lowest BCUT2D eigenvalue weighted by Gasteiger charge is -2.13. The molecule has 0 saturated heterocycles. The number of aromatic nitrogens is 2. The number of hydrogen-bond acceptors (Lipinski definition) is 8. The Morgan fingerprint density at radius 3 is 2.62 bits per heavy atom. The SMILES string of the molecule is COc1cc2ncnc(Nc3ccc(F)c(Cl)c3)c2cc1S(=O)(=O)CCCCCCC(=O)CO. The van der Waals surface area contributed by atoms with Crippen molar-refractivity contribution in [3.63, 3.8) is 0 Å². The summed E-state index contributed by atoms with van der Waals surface area (Å²) in [5, 5.41) is 12.2. The number of hydrogen-bond donors (Lipinski definition) is 2. The van der Waals surface area contributed by atoms with Crippen molar-refractivity contribution in [3.05, 3.63) is 47.5 Å². The molecule has 0 atom stereocenters. The number of halogens is 2. The van der Waals surface area contributed by atoms with Crippen molar-refractivity contribution in [1.29, 1.82) is 0 Å². The molecule has 0 aliphatic heterocycles. The molecule has 0 fully saturated rings. The normalized spacial score (nSPS) is 11.5. The Hall–Kier alpha value is -2.82. The van der Waals surface area contributed by atoms with Crippen LogP contribution < -0.4 is 10.1 Å². The van der Waals surface area contributed by atoms with Gasteiger partial charge in [-0.25, -0.2) is 22.8 Å². The standard InChI is InChI=1S/C23H25ClFN3O5S/c1-33-21-12-20-17(23(27-14-26-20)28-15-7-8-19(25)18(24)10-15)11-22(21)34(31,32)9-5-3-2-4-6-16(30)13-29/h7-8,10-12,14,29H,2-6,9,13H2,1H3,(H,26,27,28). The van der Waals surface area contributed by atoms with Gasteiger partial charge < -0.3 is 15.2 Å². The molecular formula is C23H25ClFN3O5S. The molecule has 1 aromatic heterocycles. The van der Waals surface area contributed by atoms with Gasteiger partial charge in [0.15, 0.2) is 15.6 Å². The highest BCUT2D eigenvalue weighted by molar-refractivity contribution is 7.91. The van der Waals surface area contributed by atoms with Gasteiger partial charge in [0.1, 0.15) is 35.2 Å². The number of Topliss-reactive ketones (excluding diaryl/α,β-unsaturated/α-hetero) is 1. The van der Waals surface area contributed by atoms with E-state index in [1.165, 1.54) is 43.8 Å². The van der Waals surface area contributed by atoms with E-state index in [1.54, 1.807) is 0 Å². The molecule has 2 N–H and O–H groups in total. The first-order valence-electron chi connectivity index (χ1n) is 10.7. The van der Waals surface area contributed by atoms with Gasteiger partial charge in [-0.2, -0.15) is 0 Å². The van der Waals surface area contributed by atoms with Gasteiger partial charge in [-0.15, -0.1) is 0 Å². The monoisotopic (exact) mass is 509 g/mol. The zero-order chi connectivity index (χ0) is 24.7. The lowest BCUT2D eigenvalue weighted by atomic mass is 10.1. The van der Waals surface area contributed by atoms with E-state index in [4.69, 9.17) is 21.4 Å². The van der Waals surface area contributed by atoms with Crippen molar-refractivity contribution < 1.29 is 27.4 Å². The second-order valence-corrected chi connectivity index (χ2v) is 10.2. The van der Waals surface area contributed by atoms with E-state index in [1.807, 2.05) is 0 Å². The summed E-state index contributed by atoms with van der Waals surface area (Å²) in [5.74, 6) is -0.357. The van der Waals surface area contributed by atoms with Crippen LogP contribution in [0.3, 0.4) is 0 Å². The quantitative estimate of drug-likeness (QED) is 0.343. The first kappa shape index (κ1) is 25.8. The molecule has 8 nitrogen and oxygen atoms in total. The van der Waals surface area contributed by atoms with Crippen LogP contribution in [-0.2, 0) is 14.6 Å². The average molecular weight is 510 g/mol. The van der Waals surface area contributed by atoms with Crippen LogP contribution in [0.5, 0.6) is 5.75 Å². The number of benzene rings is 2. The number of unbranched alkanes of at least 4 members (excludes halogenated alkanes) is 3. The van der Waals surface area contributed by atoms with E-state index in [-0.39, 0.29) is 33.6 Å². The van der Waals surface area contributed by atoms with Crippen LogP contribution in [0.15, 0.2) is 41.6 Å². The fraction of sp³-hybridized carbons (Fsp3) is 0.348. The number of ether oxygens (including phenoxy) is 1. The van der Waals surface area contributed by atoms with Crippen LogP contribution >= 0.6 is 11.6 Å². The number of fused-ring (bicyclic) bond motifs is 1. The number of nitrogens with one attached hydrogen (secondary N) is 1. The molecule has 0 bridgehead atoms. The third kappa shape index (κ3) is 6.40. The first-order valence-corrected chi connectivity index (χ1v) is 12.7. The zero-order valence-corrected chi connectivity index (χ0v) is 20.1. The molecule has 0 radical (unpaired) electrons. The van der Waals surface area contributed by atoms with Crippen LogP contribution in [0.2, 0.25) is 5.02 Å². The summed E-state index contributed by atoms with van der Waals surface area (Å²) < 4.78 is 45.0. The van der Waals surface area contributed by atoms with Crippen LogP contribution in [-0.4, -0.2) is 48.7 Å². The van der Waals surface area contributed by atoms with Crippen molar-refractivity contribution >= 4 is 49.6 Å². The predicted octanol–water partition coefficient (Wildman–Crippen LogP) is 4.46. The zero-order valence-electron chi connectivity index (χ0n) is 18.6. The predicted molar refractivity (Wildman–Crippen MR) is 128 cm³/mol. The molecule has 11 heteroatoms. The second kappa shape index (κ2) is 11.5. The summed E-state index contributed by atoms with van der Waals surface area (Å²) in [6.07, 6.45) is 3.97. The summed E-state index contributed by atoms with van der Waals surface area (Å²) in [6, 6.07) is 7.11. The Labute approximate surface area is 202 Å². The van der Waals surface area contributed by atoms with E-state index in [2.05, 4.69) is 15.3 Å². The molecular weight excluding hydrogens is 485 g/mol. The minimum atomic E-state index is -3.69. The minimum Gasteiger partial charge on any atom is -0.495 e. The average Bonchev–Trinajstić information content (AvgIpc) is 2.82. The highest BCUT2D eigenvalue weighted by Crippen LogP contribution is 2.33. The molecule has 1 heterocycles. The van der Waals surface area contributed by atoms with Gasteiger partial charge >= 0.3 is 0 Å². The number of rotatable bonds is 12. The summed E-state index contributed by atoms with van der Waals surface area (Å²) in [7, 11) is -2.30. The fourth-order valence-corrected chi connectivity index (χ4v) is 5.16. The Morgan fingerprint density at radius 1 is 1.15 bits per heavy atom. The van der Waals surface area contributed by atoms with Crippen molar-refractivity contribution in [2.45, 2.75) is 37.0 Å². The summed E-state index contributed by atoms with van der Waals surface area (Å²) in [4.78, 5) is 19.6. The number of sulfone groups is 1. The number of methoxy groups -OCH3 is 1. The van der Waals surface area contributed by atoms with Gasteiger partial charge in [0, 0.05) is 23.6 Å². The lowest BCUT2D eigenvalue weighted by Crippen LogP contribution is -2.09. The third-order valence-corrected chi connectivity index (χ3v) is 7.34. The molecule has 2 aromatic carbocycles. The highest BCUT2D eigenvalue weighted by Gasteiger charge is 2.22. The van der Waals surface area contributed by atoms with Gasteiger partial charge in [0.2, 0.25) is 0 Å². The minimum absolute atomic E-state index is 0.0212. The molecule has 3 aromatic rings. The molecule has 0 spiro atoms. The lowest BCUT2D eigenvalue weighted by molar-refractivity contribution is -0.121. The molecule has 0 amide bonds. The van der Waals surface area contributed by atoms with Gasteiger partial charge in [0.25, 0.3) is 0 Å².